The highest BCUT2D eigenvalue weighted by Crippen LogP contribution is 2.35. The Bertz CT molecular complexity index is 1180. The number of hydrogen-bond donors (Lipinski definition) is 2. The number of nitrogens with one attached hydrogen (secondary N) is 2. The lowest BCUT2D eigenvalue weighted by Crippen LogP contribution is -2.35. The van der Waals surface area contributed by atoms with Crippen LogP contribution in [0.25, 0.3) is 0 Å². The van der Waals surface area contributed by atoms with Gasteiger partial charge in [0.1, 0.15) is 0 Å². The molecule has 0 aromatic heterocycles. The molecule has 178 valence electrons. The number of imide groups is 1. The quantitative estimate of drug-likeness (QED) is 0.412. The molecule has 0 radical (unpaired) electrons. The molecule has 0 spiro atoms. The van der Waals surface area contributed by atoms with E-state index in [1.165, 1.54) is 24.3 Å². The van der Waals surface area contributed by atoms with E-state index < -0.39 is 31.8 Å². The molecule has 2 fully saturated rings. The van der Waals surface area contributed by atoms with E-state index in [0.717, 1.165) is 4.90 Å². The molecule has 1 aliphatic carbocycles. The van der Waals surface area contributed by atoms with Gasteiger partial charge in [-0.3, -0.25) is 19.3 Å². The first-order chi connectivity index (χ1) is 15.6. The molecule has 1 aromatic carbocycles. The van der Waals surface area contributed by atoms with Crippen LogP contribution in [-0.4, -0.2) is 63.5 Å². The zero-order valence-corrected chi connectivity index (χ0v) is 19.4. The molecular formula is C21H25N3O7S2. The summed E-state index contributed by atoms with van der Waals surface area (Å²) in [7, 11) is -7.12. The SMILES string of the molecule is O=C(CCN1C(=O)C2CC=CCC2C1=O)Nc1ccc(S(=O)(=O)NC2CCS(=O)(=O)C2)cc1. The lowest BCUT2D eigenvalue weighted by atomic mass is 9.85. The van der Waals surface area contributed by atoms with Gasteiger partial charge in [-0.2, -0.15) is 0 Å². The first kappa shape index (κ1) is 23.6. The van der Waals surface area contributed by atoms with Crippen LogP contribution in [0.5, 0.6) is 0 Å². The molecule has 2 heterocycles. The van der Waals surface area contributed by atoms with Crippen LogP contribution < -0.4 is 10.0 Å². The second-order valence-corrected chi connectivity index (χ2v) is 12.5. The van der Waals surface area contributed by atoms with Crippen LogP contribution in [0, 0.1) is 11.8 Å². The summed E-state index contributed by atoms with van der Waals surface area (Å²) in [5.41, 5.74) is 0.360. The van der Waals surface area contributed by atoms with Crippen molar-refractivity contribution in [2.45, 2.75) is 36.6 Å². The number of amides is 3. The highest BCUT2D eigenvalue weighted by atomic mass is 32.2. The summed E-state index contributed by atoms with van der Waals surface area (Å²) in [5, 5.41) is 2.63. The molecule has 0 saturated carbocycles. The van der Waals surface area contributed by atoms with Crippen molar-refractivity contribution in [1.82, 2.24) is 9.62 Å². The van der Waals surface area contributed by atoms with Crippen LogP contribution in [0.3, 0.4) is 0 Å². The third-order valence-corrected chi connectivity index (χ3v) is 9.47. The molecule has 4 rings (SSSR count). The van der Waals surface area contributed by atoms with E-state index in [1.54, 1.807) is 0 Å². The number of sulfone groups is 1. The summed E-state index contributed by atoms with van der Waals surface area (Å²) in [6, 6.07) is 4.81. The number of carbonyl (C=O) groups excluding carboxylic acids is 3. The average Bonchev–Trinajstić information content (AvgIpc) is 3.22. The molecule has 3 unspecified atom stereocenters. The Hall–Kier alpha value is -2.57. The molecule has 0 bridgehead atoms. The van der Waals surface area contributed by atoms with Crippen LogP contribution in [-0.2, 0) is 34.2 Å². The van der Waals surface area contributed by atoms with Crippen molar-refractivity contribution in [1.29, 1.82) is 0 Å². The van der Waals surface area contributed by atoms with Gasteiger partial charge in [-0.1, -0.05) is 12.2 Å². The topological polar surface area (TPSA) is 147 Å². The Kier molecular flexibility index (Phi) is 6.43. The number of rotatable bonds is 7. The van der Waals surface area contributed by atoms with Gasteiger partial charge in [0, 0.05) is 24.7 Å². The van der Waals surface area contributed by atoms with Gasteiger partial charge in [0.15, 0.2) is 9.84 Å². The summed E-state index contributed by atoms with van der Waals surface area (Å²) in [6.45, 7) is -0.00280. The number of anilines is 1. The number of hydrogen-bond acceptors (Lipinski definition) is 7. The monoisotopic (exact) mass is 495 g/mol. The smallest absolute Gasteiger partial charge is 0.240 e. The molecule has 3 atom stereocenters. The molecule has 3 aliphatic rings. The minimum absolute atomic E-state index is 0.00280. The highest BCUT2D eigenvalue weighted by molar-refractivity contribution is 7.92. The van der Waals surface area contributed by atoms with Crippen molar-refractivity contribution in [3.8, 4) is 0 Å². The van der Waals surface area contributed by atoms with E-state index in [1.807, 2.05) is 12.2 Å². The minimum atomic E-state index is -3.90. The Morgan fingerprint density at radius 1 is 1.03 bits per heavy atom. The van der Waals surface area contributed by atoms with Crippen molar-refractivity contribution in [2.24, 2.45) is 11.8 Å². The Morgan fingerprint density at radius 3 is 2.18 bits per heavy atom. The van der Waals surface area contributed by atoms with Gasteiger partial charge in [-0.05, 0) is 43.5 Å². The molecule has 2 saturated heterocycles. The maximum Gasteiger partial charge on any atom is 0.240 e. The van der Waals surface area contributed by atoms with Gasteiger partial charge in [-0.15, -0.1) is 0 Å². The van der Waals surface area contributed by atoms with Crippen LogP contribution in [0.2, 0.25) is 0 Å². The van der Waals surface area contributed by atoms with Gasteiger partial charge in [0.25, 0.3) is 0 Å². The lowest BCUT2D eigenvalue weighted by Gasteiger charge is -2.15. The Morgan fingerprint density at radius 2 is 1.64 bits per heavy atom. The summed E-state index contributed by atoms with van der Waals surface area (Å²) in [4.78, 5) is 38.3. The third kappa shape index (κ3) is 5.17. The number of likely N-dealkylation sites (tertiary alicyclic amines) is 1. The summed E-state index contributed by atoms with van der Waals surface area (Å²) in [5.74, 6) is -1.82. The van der Waals surface area contributed by atoms with Gasteiger partial charge >= 0.3 is 0 Å². The maximum atomic E-state index is 12.5. The van der Waals surface area contributed by atoms with E-state index in [-0.39, 0.29) is 59.4 Å². The summed E-state index contributed by atoms with van der Waals surface area (Å²) in [6.07, 6.45) is 5.05. The number of allylic oxidation sites excluding steroid dienone is 2. The second kappa shape index (κ2) is 8.99. The zero-order chi connectivity index (χ0) is 23.8. The normalized spacial score (nSPS) is 26.4. The summed E-state index contributed by atoms with van der Waals surface area (Å²) < 4.78 is 50.4. The van der Waals surface area contributed by atoms with Crippen molar-refractivity contribution >= 4 is 43.3 Å². The predicted octanol–water partition coefficient (Wildman–Crippen LogP) is 0.432. The Balaban J connectivity index is 1.30. The number of carbonyl (C=O) groups is 3. The average molecular weight is 496 g/mol. The fraction of sp³-hybridized carbons (Fsp3) is 0.476. The molecule has 33 heavy (non-hydrogen) atoms. The van der Waals surface area contributed by atoms with E-state index in [9.17, 15) is 31.2 Å². The predicted molar refractivity (Wildman–Crippen MR) is 119 cm³/mol. The minimum Gasteiger partial charge on any atom is -0.326 e. The van der Waals surface area contributed by atoms with Gasteiger partial charge in [0.2, 0.25) is 27.7 Å². The number of fused-ring (bicyclic) bond motifs is 1. The standard InChI is InChI=1S/C21H25N3O7S2/c25-19(9-11-24-20(26)17-3-1-2-4-18(17)21(24)27)22-14-5-7-16(8-6-14)33(30,31)23-15-10-12-32(28,29)13-15/h1-2,5-8,15,17-18,23H,3-4,9-13H2,(H,22,25). The van der Waals surface area contributed by atoms with E-state index in [4.69, 9.17) is 0 Å². The number of nitrogens with zero attached hydrogens (tertiary/aromatic N) is 1. The van der Waals surface area contributed by atoms with E-state index >= 15 is 0 Å². The molecular weight excluding hydrogens is 470 g/mol. The van der Waals surface area contributed by atoms with Gasteiger partial charge < -0.3 is 5.32 Å². The van der Waals surface area contributed by atoms with Crippen molar-refractivity contribution < 1.29 is 31.2 Å². The van der Waals surface area contributed by atoms with Crippen LogP contribution in [0.15, 0.2) is 41.3 Å². The lowest BCUT2D eigenvalue weighted by molar-refractivity contribution is -0.140. The van der Waals surface area contributed by atoms with Crippen LogP contribution in [0.1, 0.15) is 25.7 Å². The van der Waals surface area contributed by atoms with Crippen LogP contribution >= 0.6 is 0 Å². The first-order valence-electron chi connectivity index (χ1n) is 10.7. The first-order valence-corrected chi connectivity index (χ1v) is 14.0. The molecule has 3 amide bonds. The molecule has 10 nitrogen and oxygen atoms in total. The maximum absolute atomic E-state index is 12.5. The third-order valence-electron chi connectivity index (χ3n) is 6.16. The van der Waals surface area contributed by atoms with Gasteiger partial charge in [0.05, 0.1) is 28.2 Å². The van der Waals surface area contributed by atoms with Gasteiger partial charge in [-0.25, -0.2) is 21.6 Å². The molecule has 1 aromatic rings. The zero-order valence-electron chi connectivity index (χ0n) is 17.8. The number of benzene rings is 1. The van der Waals surface area contributed by atoms with E-state index in [2.05, 4.69) is 10.0 Å². The van der Waals surface area contributed by atoms with Crippen molar-refractivity contribution in [3.63, 3.8) is 0 Å². The Labute approximate surface area is 192 Å². The highest BCUT2D eigenvalue weighted by Gasteiger charge is 2.46. The second-order valence-electron chi connectivity index (χ2n) is 8.53. The molecule has 12 heteroatoms. The van der Waals surface area contributed by atoms with E-state index in [0.29, 0.717) is 18.5 Å². The largest absolute Gasteiger partial charge is 0.326 e. The fourth-order valence-electron chi connectivity index (χ4n) is 4.42. The van der Waals surface area contributed by atoms with Crippen LogP contribution in [0.4, 0.5) is 5.69 Å². The van der Waals surface area contributed by atoms with Crippen molar-refractivity contribution in [3.05, 3.63) is 36.4 Å². The summed E-state index contributed by atoms with van der Waals surface area (Å²) >= 11 is 0. The number of sulfonamides is 1. The molecule has 2 aliphatic heterocycles. The molecule has 2 N–H and O–H groups in total. The van der Waals surface area contributed by atoms with Crippen molar-refractivity contribution in [2.75, 3.05) is 23.4 Å². The fourth-order valence-corrected chi connectivity index (χ4v) is 7.47.